The Kier molecular flexibility index (Phi) is 2.88. The van der Waals surface area contributed by atoms with Gasteiger partial charge < -0.3 is 10.5 Å². The molecule has 2 nitrogen and oxygen atoms in total. The van der Waals surface area contributed by atoms with Crippen LogP contribution in [0.2, 0.25) is 0 Å². The van der Waals surface area contributed by atoms with Crippen molar-refractivity contribution in [2.45, 2.75) is 0 Å². The highest BCUT2D eigenvalue weighted by molar-refractivity contribution is 7.80. The van der Waals surface area contributed by atoms with Crippen LogP contribution in [0.25, 0.3) is 0 Å². The van der Waals surface area contributed by atoms with Gasteiger partial charge in [-0.1, -0.05) is 25.4 Å². The molecule has 0 radical (unpaired) electrons. The predicted molar refractivity (Wildman–Crippen MR) is 37.2 cm³/mol. The van der Waals surface area contributed by atoms with Crippen molar-refractivity contribution in [3.63, 3.8) is 0 Å². The van der Waals surface area contributed by atoms with Crippen LogP contribution >= 0.6 is 12.2 Å². The van der Waals surface area contributed by atoms with Gasteiger partial charge in [-0.3, -0.25) is 0 Å². The fourth-order valence-corrected chi connectivity index (χ4v) is 0.207. The van der Waals surface area contributed by atoms with Crippen molar-refractivity contribution in [2.24, 2.45) is 5.73 Å². The second-order valence-corrected chi connectivity index (χ2v) is 1.51. The summed E-state index contributed by atoms with van der Waals surface area (Å²) in [5, 5.41) is 0. The molecule has 0 fully saturated rings. The lowest BCUT2D eigenvalue weighted by Crippen LogP contribution is -2.10. The summed E-state index contributed by atoms with van der Waals surface area (Å²) in [5.74, 6) is 0.273. The van der Waals surface area contributed by atoms with Crippen LogP contribution in [-0.4, -0.2) is 4.99 Å². The fraction of sp³-hybridized carbons (Fsp3) is 0. The summed E-state index contributed by atoms with van der Waals surface area (Å²) in [5.41, 5.74) is 5.08. The van der Waals surface area contributed by atoms with E-state index in [1.54, 1.807) is 0 Å². The number of hydrogen-bond acceptors (Lipinski definition) is 2. The van der Waals surface area contributed by atoms with Crippen molar-refractivity contribution in [3.05, 3.63) is 25.2 Å². The highest BCUT2D eigenvalue weighted by atomic mass is 32.1. The summed E-state index contributed by atoms with van der Waals surface area (Å²) in [6.45, 7) is 6.67. The quantitative estimate of drug-likeness (QED) is 0.350. The van der Waals surface area contributed by atoms with Gasteiger partial charge >= 0.3 is 0 Å². The van der Waals surface area contributed by atoms with E-state index in [9.17, 15) is 0 Å². The first-order valence-electron chi connectivity index (χ1n) is 1.94. The Morgan fingerprint density at radius 1 is 1.75 bits per heavy atom. The van der Waals surface area contributed by atoms with Gasteiger partial charge in [-0.25, -0.2) is 0 Å². The zero-order valence-electron chi connectivity index (χ0n) is 4.39. The van der Waals surface area contributed by atoms with E-state index in [2.05, 4.69) is 30.1 Å². The molecule has 0 spiro atoms. The van der Waals surface area contributed by atoms with Crippen LogP contribution in [0.3, 0.4) is 0 Å². The third kappa shape index (κ3) is 2.36. The molecule has 0 unspecified atom stereocenters. The molecular formula is C5H7NOS. The van der Waals surface area contributed by atoms with E-state index in [0.29, 0.717) is 0 Å². The molecule has 0 aromatic carbocycles. The highest BCUT2D eigenvalue weighted by Crippen LogP contribution is 1.91. The molecule has 3 heteroatoms. The van der Waals surface area contributed by atoms with Crippen molar-refractivity contribution in [3.8, 4) is 0 Å². The maximum Gasteiger partial charge on any atom is 0.153 e. The van der Waals surface area contributed by atoms with Gasteiger partial charge in [0.1, 0.15) is 4.99 Å². The highest BCUT2D eigenvalue weighted by Gasteiger charge is 1.91. The van der Waals surface area contributed by atoms with Crippen LogP contribution in [0.15, 0.2) is 25.2 Å². The lowest BCUT2D eigenvalue weighted by atomic mass is 10.6. The van der Waals surface area contributed by atoms with Crippen LogP contribution in [0.5, 0.6) is 0 Å². The molecule has 44 valence electrons. The number of hydrogen-bond donors (Lipinski definition) is 1. The molecule has 0 atom stereocenters. The third-order valence-electron chi connectivity index (χ3n) is 0.500. The molecule has 0 aliphatic rings. The number of ether oxygens (including phenoxy) is 1. The normalized spacial score (nSPS) is 7.50. The minimum absolute atomic E-state index is 0.157. The largest absolute Gasteiger partial charge is 0.463 e. The molecule has 0 rings (SSSR count). The first-order chi connectivity index (χ1) is 3.68. The molecular weight excluding hydrogens is 122 g/mol. The lowest BCUT2D eigenvalue weighted by molar-refractivity contribution is 0.382. The molecule has 0 aromatic heterocycles. The average molecular weight is 129 g/mol. The summed E-state index contributed by atoms with van der Waals surface area (Å²) >= 11 is 4.49. The monoisotopic (exact) mass is 129 g/mol. The summed E-state index contributed by atoms with van der Waals surface area (Å²) in [6, 6.07) is 0. The van der Waals surface area contributed by atoms with Crippen molar-refractivity contribution in [1.82, 2.24) is 0 Å². The molecule has 8 heavy (non-hydrogen) atoms. The van der Waals surface area contributed by atoms with Crippen LogP contribution in [0.4, 0.5) is 0 Å². The minimum atomic E-state index is 0.157. The number of thiocarbonyl (C=S) groups is 1. The molecule has 0 aliphatic carbocycles. The summed E-state index contributed by atoms with van der Waals surface area (Å²) < 4.78 is 4.61. The first kappa shape index (κ1) is 7.17. The zero-order valence-corrected chi connectivity index (χ0v) is 5.20. The maximum atomic E-state index is 5.08. The van der Waals surface area contributed by atoms with Gasteiger partial charge in [0.2, 0.25) is 0 Å². The average Bonchev–Trinajstić information content (AvgIpc) is 1.67. The Balaban J connectivity index is 3.65. The van der Waals surface area contributed by atoms with Gasteiger partial charge in [-0.2, -0.15) is 0 Å². The van der Waals surface area contributed by atoms with Gasteiger partial charge in [0, 0.05) is 0 Å². The van der Waals surface area contributed by atoms with E-state index in [0.717, 1.165) is 0 Å². The fourth-order valence-electron chi connectivity index (χ4n) is 0.159. The SMILES string of the molecule is C=COC(=C)C(N)=S. The Hall–Kier alpha value is -0.830. The van der Waals surface area contributed by atoms with Gasteiger partial charge in [0.25, 0.3) is 0 Å². The van der Waals surface area contributed by atoms with E-state index in [-0.39, 0.29) is 10.7 Å². The molecule has 0 heterocycles. The van der Waals surface area contributed by atoms with Crippen LogP contribution in [0.1, 0.15) is 0 Å². The second kappa shape index (κ2) is 3.21. The molecule has 0 aromatic rings. The van der Waals surface area contributed by atoms with Gasteiger partial charge in [0.15, 0.2) is 5.76 Å². The minimum Gasteiger partial charge on any atom is -0.463 e. The first-order valence-corrected chi connectivity index (χ1v) is 2.35. The topological polar surface area (TPSA) is 35.2 Å². The number of rotatable bonds is 3. The van der Waals surface area contributed by atoms with Crippen LogP contribution in [-0.2, 0) is 4.74 Å². The van der Waals surface area contributed by atoms with E-state index >= 15 is 0 Å². The van der Waals surface area contributed by atoms with Crippen molar-refractivity contribution in [2.75, 3.05) is 0 Å². The Labute approximate surface area is 53.6 Å². The van der Waals surface area contributed by atoms with Gasteiger partial charge in [-0.15, -0.1) is 0 Å². The van der Waals surface area contributed by atoms with Crippen molar-refractivity contribution in [1.29, 1.82) is 0 Å². The van der Waals surface area contributed by atoms with E-state index in [1.807, 2.05) is 0 Å². The Morgan fingerprint density at radius 2 is 2.25 bits per heavy atom. The summed E-state index contributed by atoms with van der Waals surface area (Å²) in [6.07, 6.45) is 1.22. The summed E-state index contributed by atoms with van der Waals surface area (Å²) in [4.78, 5) is 0.157. The number of nitrogens with two attached hydrogens (primary N) is 1. The second-order valence-electron chi connectivity index (χ2n) is 1.07. The van der Waals surface area contributed by atoms with E-state index in [1.165, 1.54) is 6.26 Å². The van der Waals surface area contributed by atoms with Crippen LogP contribution in [0, 0.1) is 0 Å². The summed E-state index contributed by atoms with van der Waals surface area (Å²) in [7, 11) is 0. The Morgan fingerprint density at radius 3 is 2.38 bits per heavy atom. The van der Waals surface area contributed by atoms with Crippen molar-refractivity contribution < 1.29 is 4.74 Å². The van der Waals surface area contributed by atoms with Gasteiger partial charge in [0.05, 0.1) is 6.26 Å². The standard InChI is InChI=1S/C5H7NOS/c1-3-7-4(2)5(6)8/h3H,1-2H2,(H2,6,8). The predicted octanol–water partition coefficient (Wildman–Crippen LogP) is 0.946. The van der Waals surface area contributed by atoms with Crippen LogP contribution < -0.4 is 5.73 Å². The lowest BCUT2D eigenvalue weighted by Gasteiger charge is -1.97. The molecule has 0 saturated carbocycles. The van der Waals surface area contributed by atoms with E-state index in [4.69, 9.17) is 5.73 Å². The molecule has 0 bridgehead atoms. The zero-order chi connectivity index (χ0) is 6.57. The van der Waals surface area contributed by atoms with E-state index < -0.39 is 0 Å². The molecule has 0 aliphatic heterocycles. The third-order valence-corrected chi connectivity index (χ3v) is 0.728. The smallest absolute Gasteiger partial charge is 0.153 e. The Bertz CT molecular complexity index is 130. The van der Waals surface area contributed by atoms with Gasteiger partial charge in [-0.05, 0) is 0 Å². The molecule has 2 N–H and O–H groups in total. The molecule has 0 saturated heterocycles. The molecule has 0 amide bonds. The van der Waals surface area contributed by atoms with Crippen molar-refractivity contribution >= 4 is 17.2 Å². The maximum absolute atomic E-state index is 5.08.